The number of aromatic hydroxyl groups is 1. The molecule has 4 rings (SSSR count). The van der Waals surface area contributed by atoms with E-state index in [4.69, 9.17) is 9.72 Å². The number of ether oxygens (including phenoxy) is 1. The lowest BCUT2D eigenvalue weighted by atomic mass is 10.1. The van der Waals surface area contributed by atoms with Crippen LogP contribution in [-0.4, -0.2) is 21.6 Å². The van der Waals surface area contributed by atoms with Crippen LogP contribution in [0.3, 0.4) is 0 Å². The number of methoxy groups -OCH3 is 1. The van der Waals surface area contributed by atoms with Crippen molar-refractivity contribution >= 4 is 5.52 Å². The summed E-state index contributed by atoms with van der Waals surface area (Å²) >= 11 is 0. The first-order valence-electron chi connectivity index (χ1n) is 8.50. The van der Waals surface area contributed by atoms with Crippen LogP contribution in [0.5, 0.6) is 11.5 Å². The van der Waals surface area contributed by atoms with E-state index >= 15 is 0 Å². The van der Waals surface area contributed by atoms with Crippen LogP contribution in [0.1, 0.15) is 11.1 Å². The van der Waals surface area contributed by atoms with Crippen LogP contribution in [-0.2, 0) is 0 Å². The zero-order chi connectivity index (χ0) is 18.3. The number of aryl methyl sites for hydroxylation is 2. The molecule has 0 unspecified atom stereocenters. The molecule has 0 amide bonds. The van der Waals surface area contributed by atoms with Gasteiger partial charge in [-0.25, -0.2) is 4.98 Å². The molecule has 0 radical (unpaired) electrons. The summed E-state index contributed by atoms with van der Waals surface area (Å²) in [5.41, 5.74) is 5.67. The standard InChI is InChI=1S/C22H20N2O2/c1-14-8-9-19(25)17(12-14)22-23-21(16-6-4-5-7-20(16)26-3)18-13-15(2)10-11-24(18)22/h4-13,25H,1-3H3. The van der Waals surface area contributed by atoms with Crippen molar-refractivity contribution in [3.8, 4) is 34.1 Å². The van der Waals surface area contributed by atoms with Gasteiger partial charge in [-0.2, -0.15) is 0 Å². The molecule has 0 aliphatic carbocycles. The fourth-order valence-electron chi connectivity index (χ4n) is 3.25. The second kappa shape index (κ2) is 6.23. The van der Waals surface area contributed by atoms with Gasteiger partial charge in [-0.3, -0.25) is 4.40 Å². The number of hydrogen-bond donors (Lipinski definition) is 1. The lowest BCUT2D eigenvalue weighted by molar-refractivity contribution is 0.416. The Balaban J connectivity index is 2.07. The number of imidazole rings is 1. The van der Waals surface area contributed by atoms with Crippen LogP contribution < -0.4 is 4.74 Å². The van der Waals surface area contributed by atoms with Crippen molar-refractivity contribution in [1.82, 2.24) is 9.38 Å². The number of aromatic nitrogens is 2. The molecule has 1 N–H and O–H groups in total. The molecular formula is C22H20N2O2. The summed E-state index contributed by atoms with van der Waals surface area (Å²) in [6, 6.07) is 17.5. The predicted molar refractivity (Wildman–Crippen MR) is 104 cm³/mol. The fraction of sp³-hybridized carbons (Fsp3) is 0.136. The average Bonchev–Trinajstić information content (AvgIpc) is 3.02. The van der Waals surface area contributed by atoms with Gasteiger partial charge in [0.25, 0.3) is 0 Å². The van der Waals surface area contributed by atoms with Crippen molar-refractivity contribution in [2.45, 2.75) is 13.8 Å². The van der Waals surface area contributed by atoms with E-state index < -0.39 is 0 Å². The van der Waals surface area contributed by atoms with Gasteiger partial charge in [0.15, 0.2) is 0 Å². The Kier molecular flexibility index (Phi) is 3.88. The van der Waals surface area contributed by atoms with E-state index in [9.17, 15) is 5.11 Å². The second-order valence-electron chi connectivity index (χ2n) is 6.46. The van der Waals surface area contributed by atoms with Gasteiger partial charge in [-0.15, -0.1) is 0 Å². The molecule has 0 fully saturated rings. The summed E-state index contributed by atoms with van der Waals surface area (Å²) in [5, 5.41) is 10.4. The Bertz CT molecular complexity index is 1110. The monoisotopic (exact) mass is 344 g/mol. The molecule has 130 valence electrons. The van der Waals surface area contributed by atoms with Crippen molar-refractivity contribution in [1.29, 1.82) is 0 Å². The van der Waals surface area contributed by atoms with Crippen LogP contribution in [0.4, 0.5) is 0 Å². The number of hydrogen-bond acceptors (Lipinski definition) is 3. The second-order valence-corrected chi connectivity index (χ2v) is 6.46. The predicted octanol–water partition coefficient (Wildman–Crippen LogP) is 5.00. The largest absolute Gasteiger partial charge is 0.507 e. The molecule has 4 heteroatoms. The van der Waals surface area contributed by atoms with Gasteiger partial charge >= 0.3 is 0 Å². The van der Waals surface area contributed by atoms with Crippen LogP contribution in [0.15, 0.2) is 60.8 Å². The van der Waals surface area contributed by atoms with Gasteiger partial charge in [0.2, 0.25) is 0 Å². The van der Waals surface area contributed by atoms with Crippen LogP contribution >= 0.6 is 0 Å². The maximum absolute atomic E-state index is 10.4. The molecule has 2 aromatic heterocycles. The molecule has 2 aromatic carbocycles. The number of phenols is 1. The Hall–Kier alpha value is -3.27. The highest BCUT2D eigenvalue weighted by molar-refractivity contribution is 5.85. The topological polar surface area (TPSA) is 46.8 Å². The summed E-state index contributed by atoms with van der Waals surface area (Å²) < 4.78 is 7.56. The molecule has 0 aliphatic heterocycles. The molecule has 0 saturated carbocycles. The molecule has 4 nitrogen and oxygen atoms in total. The molecule has 4 aromatic rings. The molecule has 2 heterocycles. The van der Waals surface area contributed by atoms with Gasteiger partial charge in [0.05, 0.1) is 18.2 Å². The zero-order valence-electron chi connectivity index (χ0n) is 15.0. The minimum atomic E-state index is 0.217. The fourth-order valence-corrected chi connectivity index (χ4v) is 3.25. The first kappa shape index (κ1) is 16.2. The van der Waals surface area contributed by atoms with Crippen LogP contribution in [0, 0.1) is 13.8 Å². The number of phenolic OH excluding ortho intramolecular Hbond substituents is 1. The number of para-hydroxylation sites is 1. The van der Waals surface area contributed by atoms with Crippen LogP contribution in [0.2, 0.25) is 0 Å². The number of nitrogens with zero attached hydrogens (tertiary/aromatic N) is 2. The molecular weight excluding hydrogens is 324 g/mol. The normalized spacial score (nSPS) is 11.0. The quantitative estimate of drug-likeness (QED) is 0.569. The average molecular weight is 344 g/mol. The molecule has 0 saturated heterocycles. The van der Waals surface area contributed by atoms with E-state index in [0.29, 0.717) is 11.4 Å². The summed E-state index contributed by atoms with van der Waals surface area (Å²) in [7, 11) is 1.66. The van der Waals surface area contributed by atoms with Gasteiger partial charge in [-0.05, 0) is 55.8 Å². The van der Waals surface area contributed by atoms with E-state index in [0.717, 1.165) is 33.7 Å². The third kappa shape index (κ3) is 2.60. The number of benzene rings is 2. The Morgan fingerprint density at radius 1 is 0.923 bits per heavy atom. The van der Waals surface area contributed by atoms with Crippen molar-refractivity contribution in [2.75, 3.05) is 7.11 Å². The van der Waals surface area contributed by atoms with Crippen molar-refractivity contribution in [3.63, 3.8) is 0 Å². The summed E-state index contributed by atoms with van der Waals surface area (Å²) in [4.78, 5) is 4.90. The number of rotatable bonds is 3. The summed E-state index contributed by atoms with van der Waals surface area (Å²) in [6.07, 6.45) is 1.99. The third-order valence-corrected chi connectivity index (χ3v) is 4.55. The Morgan fingerprint density at radius 2 is 1.69 bits per heavy atom. The molecule has 26 heavy (non-hydrogen) atoms. The van der Waals surface area contributed by atoms with E-state index in [1.807, 2.05) is 60.0 Å². The number of pyridine rings is 1. The highest BCUT2D eigenvalue weighted by atomic mass is 16.5. The smallest absolute Gasteiger partial charge is 0.149 e. The SMILES string of the molecule is COc1ccccc1-c1nc(-c2cc(C)ccc2O)n2ccc(C)cc12. The van der Waals surface area contributed by atoms with Gasteiger partial charge < -0.3 is 9.84 Å². The maximum atomic E-state index is 10.4. The Morgan fingerprint density at radius 3 is 2.50 bits per heavy atom. The number of fused-ring (bicyclic) bond motifs is 1. The molecule has 0 bridgehead atoms. The molecule has 0 atom stereocenters. The molecule has 0 aliphatic rings. The Labute approximate surface area is 152 Å². The van der Waals surface area contributed by atoms with Gasteiger partial charge in [0, 0.05) is 11.8 Å². The minimum Gasteiger partial charge on any atom is -0.507 e. The van der Waals surface area contributed by atoms with E-state index in [1.54, 1.807) is 13.2 Å². The van der Waals surface area contributed by atoms with Crippen LogP contribution in [0.25, 0.3) is 28.2 Å². The summed E-state index contributed by atoms with van der Waals surface area (Å²) in [5.74, 6) is 1.70. The van der Waals surface area contributed by atoms with E-state index in [-0.39, 0.29) is 5.75 Å². The van der Waals surface area contributed by atoms with E-state index in [1.165, 1.54) is 0 Å². The van der Waals surface area contributed by atoms with Crippen molar-refractivity contribution in [3.05, 3.63) is 71.9 Å². The minimum absolute atomic E-state index is 0.217. The lowest BCUT2D eigenvalue weighted by Crippen LogP contribution is -1.90. The van der Waals surface area contributed by atoms with Crippen molar-refractivity contribution in [2.24, 2.45) is 0 Å². The highest BCUT2D eigenvalue weighted by Gasteiger charge is 2.19. The zero-order valence-corrected chi connectivity index (χ0v) is 15.0. The first-order chi connectivity index (χ1) is 12.6. The maximum Gasteiger partial charge on any atom is 0.149 e. The molecule has 0 spiro atoms. The first-order valence-corrected chi connectivity index (χ1v) is 8.50. The third-order valence-electron chi connectivity index (χ3n) is 4.55. The lowest BCUT2D eigenvalue weighted by Gasteiger charge is -2.06. The van der Waals surface area contributed by atoms with Crippen molar-refractivity contribution < 1.29 is 9.84 Å². The summed E-state index contributed by atoms with van der Waals surface area (Å²) in [6.45, 7) is 4.06. The van der Waals surface area contributed by atoms with Gasteiger partial charge in [-0.1, -0.05) is 23.8 Å². The van der Waals surface area contributed by atoms with E-state index in [2.05, 4.69) is 13.0 Å². The van der Waals surface area contributed by atoms with Gasteiger partial charge in [0.1, 0.15) is 23.0 Å². The highest BCUT2D eigenvalue weighted by Crippen LogP contribution is 2.37.